The van der Waals surface area contributed by atoms with Crippen LogP contribution in [-0.2, 0) is 9.53 Å². The van der Waals surface area contributed by atoms with Gasteiger partial charge in [-0.2, -0.15) is 0 Å². The van der Waals surface area contributed by atoms with Gasteiger partial charge in [0.05, 0.1) is 13.2 Å². The summed E-state index contributed by atoms with van der Waals surface area (Å²) in [5, 5.41) is 9.69. The molecule has 1 aromatic carbocycles. The van der Waals surface area contributed by atoms with Crippen molar-refractivity contribution in [3.05, 3.63) is 35.9 Å². The van der Waals surface area contributed by atoms with E-state index in [0.29, 0.717) is 24.4 Å². The number of phenolic OH excluding ortho intramolecular Hbond substituents is 1. The van der Waals surface area contributed by atoms with Crippen molar-refractivity contribution in [1.29, 1.82) is 0 Å². The Bertz CT molecular complexity index is 437. The molecule has 1 aromatic rings. The van der Waals surface area contributed by atoms with Gasteiger partial charge in [0.25, 0.3) is 0 Å². The Morgan fingerprint density at radius 1 is 1.39 bits per heavy atom. The number of aryl methyl sites for hydroxylation is 1. The van der Waals surface area contributed by atoms with Gasteiger partial charge < -0.3 is 14.6 Å². The third kappa shape index (κ3) is 4.13. The van der Waals surface area contributed by atoms with Gasteiger partial charge in [0.15, 0.2) is 11.5 Å². The predicted molar refractivity (Wildman–Crippen MR) is 68.7 cm³/mol. The molecule has 0 saturated heterocycles. The molecule has 0 saturated carbocycles. The van der Waals surface area contributed by atoms with Crippen molar-refractivity contribution < 1.29 is 19.4 Å². The first-order valence-corrected chi connectivity index (χ1v) is 5.76. The van der Waals surface area contributed by atoms with Gasteiger partial charge in [-0.25, -0.2) is 4.79 Å². The number of rotatable bonds is 6. The van der Waals surface area contributed by atoms with E-state index in [-0.39, 0.29) is 12.4 Å². The van der Waals surface area contributed by atoms with Crippen molar-refractivity contribution >= 4 is 5.97 Å². The van der Waals surface area contributed by atoms with Gasteiger partial charge in [-0.1, -0.05) is 18.7 Å². The molecule has 18 heavy (non-hydrogen) atoms. The minimum Gasteiger partial charge on any atom is -0.504 e. The summed E-state index contributed by atoms with van der Waals surface area (Å²) in [5.41, 5.74) is 1.15. The second kappa shape index (κ2) is 6.69. The van der Waals surface area contributed by atoms with E-state index in [9.17, 15) is 9.90 Å². The standard InChI is InChI=1S/C14H18O4/c1-10(2)14(16)18-9-5-8-17-12-7-4-6-11(3)13(12)15/h4,6-7,15H,1,5,8-9H2,2-3H3. The molecule has 0 aliphatic carbocycles. The van der Waals surface area contributed by atoms with Crippen LogP contribution in [0.1, 0.15) is 18.9 Å². The Morgan fingerprint density at radius 2 is 2.11 bits per heavy atom. The van der Waals surface area contributed by atoms with Gasteiger partial charge in [0.1, 0.15) is 0 Å². The van der Waals surface area contributed by atoms with Crippen molar-refractivity contribution in [2.75, 3.05) is 13.2 Å². The molecule has 0 unspecified atom stereocenters. The van der Waals surface area contributed by atoms with Crippen molar-refractivity contribution in [3.8, 4) is 11.5 Å². The van der Waals surface area contributed by atoms with E-state index >= 15 is 0 Å². The second-order valence-corrected chi connectivity index (χ2v) is 4.04. The van der Waals surface area contributed by atoms with E-state index in [0.717, 1.165) is 5.56 Å². The summed E-state index contributed by atoms with van der Waals surface area (Å²) >= 11 is 0. The fraction of sp³-hybridized carbons (Fsp3) is 0.357. The molecule has 98 valence electrons. The summed E-state index contributed by atoms with van der Waals surface area (Å²) in [4.78, 5) is 11.1. The summed E-state index contributed by atoms with van der Waals surface area (Å²) in [6.07, 6.45) is 0.562. The normalized spacial score (nSPS) is 9.89. The maximum Gasteiger partial charge on any atom is 0.333 e. The number of hydrogen-bond donors (Lipinski definition) is 1. The lowest BCUT2D eigenvalue weighted by Crippen LogP contribution is -2.09. The fourth-order valence-electron chi connectivity index (χ4n) is 1.28. The molecule has 0 fully saturated rings. The Balaban J connectivity index is 2.28. The van der Waals surface area contributed by atoms with Crippen LogP contribution >= 0.6 is 0 Å². The summed E-state index contributed by atoms with van der Waals surface area (Å²) in [7, 11) is 0. The van der Waals surface area contributed by atoms with Crippen molar-refractivity contribution in [2.45, 2.75) is 20.3 Å². The highest BCUT2D eigenvalue weighted by Gasteiger charge is 2.05. The maximum atomic E-state index is 11.1. The molecule has 0 bridgehead atoms. The number of ether oxygens (including phenoxy) is 2. The molecule has 0 aliphatic heterocycles. The lowest BCUT2D eigenvalue weighted by molar-refractivity contribution is -0.139. The monoisotopic (exact) mass is 250 g/mol. The van der Waals surface area contributed by atoms with Crippen LogP contribution in [0.5, 0.6) is 11.5 Å². The molecule has 0 amide bonds. The van der Waals surface area contributed by atoms with Crippen molar-refractivity contribution in [2.24, 2.45) is 0 Å². The number of aromatic hydroxyl groups is 1. The van der Waals surface area contributed by atoms with Crippen LogP contribution in [-0.4, -0.2) is 24.3 Å². The lowest BCUT2D eigenvalue weighted by atomic mass is 10.2. The van der Waals surface area contributed by atoms with Gasteiger partial charge in [0.2, 0.25) is 0 Å². The minimum atomic E-state index is -0.395. The van der Waals surface area contributed by atoms with Crippen molar-refractivity contribution in [3.63, 3.8) is 0 Å². The molecule has 0 aromatic heterocycles. The third-order valence-corrected chi connectivity index (χ3v) is 2.33. The quantitative estimate of drug-likeness (QED) is 0.479. The van der Waals surface area contributed by atoms with Crippen LogP contribution < -0.4 is 4.74 Å². The first-order chi connectivity index (χ1) is 8.52. The number of phenols is 1. The zero-order valence-corrected chi connectivity index (χ0v) is 10.7. The summed E-state index contributed by atoms with van der Waals surface area (Å²) in [6.45, 7) is 7.54. The van der Waals surface area contributed by atoms with E-state index in [2.05, 4.69) is 6.58 Å². The Labute approximate surface area is 107 Å². The van der Waals surface area contributed by atoms with Crippen molar-refractivity contribution in [1.82, 2.24) is 0 Å². The molecule has 0 spiro atoms. The first-order valence-electron chi connectivity index (χ1n) is 5.76. The van der Waals surface area contributed by atoms with Crippen LogP contribution in [0.15, 0.2) is 30.4 Å². The van der Waals surface area contributed by atoms with E-state index in [4.69, 9.17) is 9.47 Å². The maximum absolute atomic E-state index is 11.1. The molecular formula is C14H18O4. The van der Waals surface area contributed by atoms with Gasteiger partial charge in [-0.15, -0.1) is 0 Å². The van der Waals surface area contributed by atoms with E-state index < -0.39 is 5.97 Å². The van der Waals surface area contributed by atoms with E-state index in [1.165, 1.54) is 0 Å². The molecule has 4 nitrogen and oxygen atoms in total. The van der Waals surface area contributed by atoms with Crippen LogP contribution in [0.2, 0.25) is 0 Å². The lowest BCUT2D eigenvalue weighted by Gasteiger charge is -2.09. The Morgan fingerprint density at radius 3 is 2.78 bits per heavy atom. The van der Waals surface area contributed by atoms with E-state index in [1.54, 1.807) is 26.0 Å². The molecule has 4 heteroatoms. The van der Waals surface area contributed by atoms with Gasteiger partial charge in [0, 0.05) is 12.0 Å². The number of carbonyl (C=O) groups is 1. The van der Waals surface area contributed by atoms with Gasteiger partial charge in [-0.05, 0) is 25.5 Å². The van der Waals surface area contributed by atoms with Crippen LogP contribution in [0.25, 0.3) is 0 Å². The number of hydrogen-bond acceptors (Lipinski definition) is 4. The molecule has 0 radical (unpaired) electrons. The third-order valence-electron chi connectivity index (χ3n) is 2.33. The zero-order chi connectivity index (χ0) is 13.5. The highest BCUT2D eigenvalue weighted by molar-refractivity contribution is 5.86. The number of esters is 1. The predicted octanol–water partition coefficient (Wildman–Crippen LogP) is 2.59. The second-order valence-electron chi connectivity index (χ2n) is 4.04. The van der Waals surface area contributed by atoms with Crippen LogP contribution in [0, 0.1) is 6.92 Å². The van der Waals surface area contributed by atoms with Gasteiger partial charge >= 0.3 is 5.97 Å². The molecule has 0 heterocycles. The number of para-hydroxylation sites is 1. The van der Waals surface area contributed by atoms with E-state index in [1.807, 2.05) is 6.07 Å². The SMILES string of the molecule is C=C(C)C(=O)OCCCOc1cccc(C)c1O. The molecule has 1 N–H and O–H groups in total. The summed E-state index contributed by atoms with van der Waals surface area (Å²) in [6, 6.07) is 5.31. The zero-order valence-electron chi connectivity index (χ0n) is 10.7. The summed E-state index contributed by atoms with van der Waals surface area (Å²) in [5.74, 6) is 0.200. The highest BCUT2D eigenvalue weighted by Crippen LogP contribution is 2.28. The Hall–Kier alpha value is -1.97. The fourth-order valence-corrected chi connectivity index (χ4v) is 1.28. The highest BCUT2D eigenvalue weighted by atomic mass is 16.5. The first kappa shape index (κ1) is 14.1. The van der Waals surface area contributed by atoms with Gasteiger partial charge in [-0.3, -0.25) is 0 Å². The average molecular weight is 250 g/mol. The Kier molecular flexibility index (Phi) is 5.24. The average Bonchev–Trinajstić information content (AvgIpc) is 2.33. The molecule has 0 aliphatic rings. The molecular weight excluding hydrogens is 232 g/mol. The summed E-state index contributed by atoms with van der Waals surface area (Å²) < 4.78 is 10.3. The smallest absolute Gasteiger partial charge is 0.333 e. The van der Waals surface area contributed by atoms with Crippen LogP contribution in [0.3, 0.4) is 0 Å². The molecule has 1 rings (SSSR count). The molecule has 0 atom stereocenters. The number of carbonyl (C=O) groups excluding carboxylic acids is 1. The largest absolute Gasteiger partial charge is 0.504 e. The minimum absolute atomic E-state index is 0.149. The number of benzene rings is 1. The van der Waals surface area contributed by atoms with Crippen LogP contribution in [0.4, 0.5) is 0 Å². The topological polar surface area (TPSA) is 55.8 Å².